The van der Waals surface area contributed by atoms with Crippen LogP contribution in [0.15, 0.2) is 23.2 Å². The fraction of sp³-hybridized carbons (Fsp3) is 0.500. The first-order chi connectivity index (χ1) is 14.0. The van der Waals surface area contributed by atoms with Crippen molar-refractivity contribution in [3.63, 3.8) is 0 Å². The minimum atomic E-state index is -0.157. The van der Waals surface area contributed by atoms with Crippen molar-refractivity contribution in [1.29, 1.82) is 0 Å². The molecule has 1 fully saturated rings. The number of thiazole rings is 1. The second-order valence-corrected chi connectivity index (χ2v) is 8.58. The second kappa shape index (κ2) is 8.46. The first kappa shape index (κ1) is 19.8. The largest absolute Gasteiger partial charge is 0.359 e. The molecule has 1 atom stereocenters. The number of carbonyl (C=O) groups excluding carboxylic acids is 2. The summed E-state index contributed by atoms with van der Waals surface area (Å²) in [6, 6.07) is 2.28. The van der Waals surface area contributed by atoms with Crippen molar-refractivity contribution in [1.82, 2.24) is 20.2 Å². The van der Waals surface area contributed by atoms with Crippen molar-refractivity contribution < 1.29 is 9.59 Å². The number of nitrogens with one attached hydrogen (secondary N) is 2. The molecule has 0 radical (unpaired) electrons. The van der Waals surface area contributed by atoms with Gasteiger partial charge in [-0.15, -0.1) is 11.3 Å². The van der Waals surface area contributed by atoms with Crippen LogP contribution in [0.25, 0.3) is 0 Å². The molecule has 0 bridgehead atoms. The lowest BCUT2D eigenvalue weighted by Gasteiger charge is -2.29. The van der Waals surface area contributed by atoms with Crippen molar-refractivity contribution in [3.8, 4) is 0 Å². The minimum Gasteiger partial charge on any atom is -0.359 e. The summed E-state index contributed by atoms with van der Waals surface area (Å²) in [7, 11) is 0. The number of anilines is 2. The molecule has 2 aromatic heterocycles. The molecule has 29 heavy (non-hydrogen) atoms. The molecule has 0 aromatic carbocycles. The monoisotopic (exact) mass is 414 g/mol. The summed E-state index contributed by atoms with van der Waals surface area (Å²) in [6.07, 6.45) is 2.66. The molecule has 8 nitrogen and oxygen atoms in total. The third-order valence-electron chi connectivity index (χ3n) is 5.53. The molecule has 9 heteroatoms. The van der Waals surface area contributed by atoms with E-state index in [0.717, 1.165) is 25.2 Å². The lowest BCUT2D eigenvalue weighted by Crippen LogP contribution is -2.40. The zero-order valence-electron chi connectivity index (χ0n) is 16.7. The highest BCUT2D eigenvalue weighted by molar-refractivity contribution is 7.07. The molecule has 2 amide bonds. The van der Waals surface area contributed by atoms with Crippen molar-refractivity contribution in [2.45, 2.75) is 32.9 Å². The van der Waals surface area contributed by atoms with E-state index in [0.29, 0.717) is 42.1 Å². The van der Waals surface area contributed by atoms with Crippen molar-refractivity contribution >= 4 is 34.7 Å². The molecule has 1 unspecified atom stereocenters. The van der Waals surface area contributed by atoms with Gasteiger partial charge in [-0.05, 0) is 38.8 Å². The number of amides is 2. The fourth-order valence-electron chi connectivity index (χ4n) is 3.80. The number of hydrogen-bond acceptors (Lipinski definition) is 7. The van der Waals surface area contributed by atoms with E-state index in [9.17, 15) is 9.59 Å². The highest BCUT2D eigenvalue weighted by atomic mass is 32.1. The summed E-state index contributed by atoms with van der Waals surface area (Å²) < 4.78 is 0. The van der Waals surface area contributed by atoms with Gasteiger partial charge in [-0.3, -0.25) is 9.59 Å². The molecule has 0 saturated carbocycles. The second-order valence-electron chi connectivity index (χ2n) is 7.86. The van der Waals surface area contributed by atoms with Crippen LogP contribution in [0.3, 0.4) is 0 Å². The summed E-state index contributed by atoms with van der Waals surface area (Å²) in [5.41, 5.74) is 3.65. The molecule has 0 aliphatic carbocycles. The summed E-state index contributed by atoms with van der Waals surface area (Å²) in [6.45, 7) is 7.70. The van der Waals surface area contributed by atoms with Gasteiger partial charge in [0.15, 0.2) is 5.82 Å². The van der Waals surface area contributed by atoms with E-state index in [-0.39, 0.29) is 18.4 Å². The first-order valence-electron chi connectivity index (χ1n) is 9.95. The van der Waals surface area contributed by atoms with E-state index in [2.05, 4.69) is 39.3 Å². The molecule has 1 saturated heterocycles. The maximum atomic E-state index is 12.7. The molecule has 2 aliphatic rings. The van der Waals surface area contributed by atoms with Crippen molar-refractivity contribution in [2.75, 3.05) is 36.4 Å². The zero-order chi connectivity index (χ0) is 20.4. The molecule has 2 N–H and O–H groups in total. The molecule has 154 valence electrons. The number of nitrogens with zero attached hydrogens (tertiary/aromatic N) is 4. The minimum absolute atomic E-state index is 0.0652. The number of likely N-dealkylation sites (tertiary alicyclic amines) is 1. The van der Waals surface area contributed by atoms with Crippen LogP contribution < -0.4 is 15.5 Å². The standard InChI is InChI=1S/C20H26N6O2S/c1-13(2)25-4-3-14(9-25)6-23-20(28)15-5-17-19(21-7-15)22-8-18(27)26(17)10-16-11-29-12-24-16/h5,7,11-14H,3-4,6,8-10H2,1-2H3,(H,21,22)(H,23,28). The van der Waals surface area contributed by atoms with Gasteiger partial charge in [0, 0.05) is 30.7 Å². The van der Waals surface area contributed by atoms with E-state index >= 15 is 0 Å². The SMILES string of the molecule is CC(C)N1CCC(CNC(=O)c2cnc3c(c2)N(Cc2cscn2)C(=O)CN3)C1. The predicted molar refractivity (Wildman–Crippen MR) is 113 cm³/mol. The van der Waals surface area contributed by atoms with Crippen molar-refractivity contribution in [2.24, 2.45) is 5.92 Å². The van der Waals surface area contributed by atoms with Gasteiger partial charge in [0.2, 0.25) is 5.91 Å². The van der Waals surface area contributed by atoms with Gasteiger partial charge in [0.25, 0.3) is 5.91 Å². The molecule has 0 spiro atoms. The number of pyridine rings is 1. The third kappa shape index (κ3) is 4.40. The third-order valence-corrected chi connectivity index (χ3v) is 6.17. The Morgan fingerprint density at radius 3 is 3.00 bits per heavy atom. The van der Waals surface area contributed by atoms with E-state index in [1.54, 1.807) is 22.7 Å². The maximum Gasteiger partial charge on any atom is 0.252 e. The van der Waals surface area contributed by atoms with Gasteiger partial charge in [0.05, 0.1) is 35.5 Å². The number of aromatic nitrogens is 2. The Morgan fingerprint density at radius 1 is 1.41 bits per heavy atom. The number of fused-ring (bicyclic) bond motifs is 1. The van der Waals surface area contributed by atoms with Gasteiger partial charge in [-0.2, -0.15) is 0 Å². The highest BCUT2D eigenvalue weighted by Crippen LogP contribution is 2.30. The zero-order valence-corrected chi connectivity index (χ0v) is 17.5. The molecular formula is C20H26N6O2S. The lowest BCUT2D eigenvalue weighted by molar-refractivity contribution is -0.117. The van der Waals surface area contributed by atoms with E-state index in [1.807, 2.05) is 5.38 Å². The molecule has 4 rings (SSSR count). The Balaban J connectivity index is 1.44. The number of carbonyl (C=O) groups is 2. The Bertz CT molecular complexity index is 885. The van der Waals surface area contributed by atoms with Crippen LogP contribution in [-0.2, 0) is 11.3 Å². The lowest BCUT2D eigenvalue weighted by atomic mass is 10.1. The van der Waals surface area contributed by atoms with Gasteiger partial charge >= 0.3 is 0 Å². The van der Waals surface area contributed by atoms with E-state index in [1.165, 1.54) is 11.3 Å². The first-order valence-corrected chi connectivity index (χ1v) is 10.9. The Morgan fingerprint density at radius 2 is 2.28 bits per heavy atom. The highest BCUT2D eigenvalue weighted by Gasteiger charge is 2.28. The molecule has 2 aromatic rings. The van der Waals surface area contributed by atoms with Crippen LogP contribution in [0, 0.1) is 5.92 Å². The topological polar surface area (TPSA) is 90.5 Å². The van der Waals surface area contributed by atoms with Gasteiger partial charge in [-0.1, -0.05) is 0 Å². The predicted octanol–water partition coefficient (Wildman–Crippen LogP) is 1.96. The average Bonchev–Trinajstić information content (AvgIpc) is 3.40. The Kier molecular flexibility index (Phi) is 5.77. The van der Waals surface area contributed by atoms with E-state index < -0.39 is 0 Å². The number of rotatable bonds is 6. The normalized spacial score (nSPS) is 19.3. The van der Waals surface area contributed by atoms with Crippen LogP contribution in [0.5, 0.6) is 0 Å². The van der Waals surface area contributed by atoms with Gasteiger partial charge < -0.3 is 20.4 Å². The number of hydrogen-bond donors (Lipinski definition) is 2. The molecule has 4 heterocycles. The van der Waals surface area contributed by atoms with E-state index in [4.69, 9.17) is 0 Å². The van der Waals surface area contributed by atoms with Crippen LogP contribution in [-0.4, -0.2) is 58.9 Å². The quantitative estimate of drug-likeness (QED) is 0.751. The Labute approximate surface area is 174 Å². The van der Waals surface area contributed by atoms with Gasteiger partial charge in [-0.25, -0.2) is 9.97 Å². The smallest absolute Gasteiger partial charge is 0.252 e. The van der Waals surface area contributed by atoms with Crippen LogP contribution >= 0.6 is 11.3 Å². The molecular weight excluding hydrogens is 388 g/mol. The molecule has 2 aliphatic heterocycles. The van der Waals surface area contributed by atoms with Crippen molar-refractivity contribution in [3.05, 3.63) is 34.4 Å². The average molecular weight is 415 g/mol. The summed E-state index contributed by atoms with van der Waals surface area (Å²) in [4.78, 5) is 37.9. The summed E-state index contributed by atoms with van der Waals surface area (Å²) in [5.74, 6) is 0.857. The fourth-order valence-corrected chi connectivity index (χ4v) is 4.35. The van der Waals surface area contributed by atoms with Gasteiger partial charge in [0.1, 0.15) is 0 Å². The maximum absolute atomic E-state index is 12.7. The summed E-state index contributed by atoms with van der Waals surface area (Å²) in [5, 5.41) is 7.98. The van der Waals surface area contributed by atoms with Crippen LogP contribution in [0.4, 0.5) is 11.5 Å². The van der Waals surface area contributed by atoms with Crippen LogP contribution in [0.2, 0.25) is 0 Å². The van der Waals surface area contributed by atoms with Crippen LogP contribution in [0.1, 0.15) is 36.3 Å². The Hall–Kier alpha value is -2.52. The summed E-state index contributed by atoms with van der Waals surface area (Å²) >= 11 is 1.49.